The molecule has 1 aliphatic heterocycles. The molecule has 1 aliphatic rings. The molecule has 0 fully saturated rings. The van der Waals surface area contributed by atoms with Crippen molar-refractivity contribution in [2.75, 3.05) is 11.4 Å². The highest BCUT2D eigenvalue weighted by atomic mass is 127. The van der Waals surface area contributed by atoms with Gasteiger partial charge in [-0.2, -0.15) is 4.57 Å². The van der Waals surface area contributed by atoms with Gasteiger partial charge in [0.1, 0.15) is 6.54 Å². The van der Waals surface area contributed by atoms with Gasteiger partial charge >= 0.3 is 5.89 Å². The van der Waals surface area contributed by atoms with Crippen molar-refractivity contribution in [2.24, 2.45) is 0 Å². The lowest BCUT2D eigenvalue weighted by Gasteiger charge is -2.15. The number of oxazole rings is 1. The van der Waals surface area contributed by atoms with Gasteiger partial charge in [0.05, 0.1) is 11.8 Å². The summed E-state index contributed by atoms with van der Waals surface area (Å²) in [6.07, 6.45) is 10.0. The molecule has 40 heavy (non-hydrogen) atoms. The summed E-state index contributed by atoms with van der Waals surface area (Å²) in [5.41, 5.74) is 7.83. The molecule has 0 amide bonds. The van der Waals surface area contributed by atoms with Gasteiger partial charge in [-0.3, -0.25) is 0 Å². The first-order valence-corrected chi connectivity index (χ1v) is 13.5. The fraction of sp³-hybridized carbons (Fsp3) is 0.114. The minimum Gasteiger partial charge on any atom is -1.00 e. The van der Waals surface area contributed by atoms with Gasteiger partial charge < -0.3 is 38.0 Å². The van der Waals surface area contributed by atoms with E-state index in [9.17, 15) is 0 Å². The number of nitrogens with zero attached hydrogens (tertiary/aromatic N) is 2. The van der Waals surface area contributed by atoms with Crippen LogP contribution in [-0.4, -0.2) is 6.54 Å². The largest absolute Gasteiger partial charge is 1.00 e. The van der Waals surface area contributed by atoms with Crippen molar-refractivity contribution >= 4 is 22.9 Å². The van der Waals surface area contributed by atoms with Gasteiger partial charge in [0.25, 0.3) is 5.52 Å². The van der Waals surface area contributed by atoms with E-state index < -0.39 is 0 Å². The molecule has 0 saturated carbocycles. The van der Waals surface area contributed by atoms with E-state index in [4.69, 9.17) is 9.15 Å². The zero-order valence-electron chi connectivity index (χ0n) is 22.6. The molecule has 4 nitrogen and oxygen atoms in total. The number of hydrogen-bond donors (Lipinski definition) is 0. The van der Waals surface area contributed by atoms with E-state index in [1.54, 1.807) is 0 Å². The molecule has 0 saturated heterocycles. The summed E-state index contributed by atoms with van der Waals surface area (Å²) in [5, 5.41) is 0. The molecule has 200 valence electrons. The van der Waals surface area contributed by atoms with Crippen LogP contribution < -0.4 is 38.2 Å². The number of hydrogen-bond acceptors (Lipinski definition) is 3. The highest BCUT2D eigenvalue weighted by molar-refractivity contribution is 5.79. The molecule has 0 bridgehead atoms. The summed E-state index contributed by atoms with van der Waals surface area (Å²) >= 11 is 0. The number of anilines is 1. The SMILES string of the molecule is CCN1C(=CC=CC=Cc2oc3ccc(-c4ccccc4)cc3[n+]2CC)Oc2ccc(-c3ccccc3)cc21.[I-]. The number of rotatable bonds is 7. The Kier molecular flexibility index (Phi) is 8.51. The fourth-order valence-corrected chi connectivity index (χ4v) is 5.06. The Morgan fingerprint density at radius 3 is 2.08 bits per heavy atom. The molecule has 0 spiro atoms. The highest BCUT2D eigenvalue weighted by Crippen LogP contribution is 2.41. The van der Waals surface area contributed by atoms with E-state index in [0.29, 0.717) is 0 Å². The van der Waals surface area contributed by atoms with Gasteiger partial charge in [-0.1, -0.05) is 91.0 Å². The molecule has 0 unspecified atom stereocenters. The summed E-state index contributed by atoms with van der Waals surface area (Å²) in [5.74, 6) is 2.53. The molecule has 0 atom stereocenters. The summed E-state index contributed by atoms with van der Waals surface area (Å²) < 4.78 is 14.6. The van der Waals surface area contributed by atoms with Crippen molar-refractivity contribution in [2.45, 2.75) is 20.4 Å². The lowest BCUT2D eigenvalue weighted by molar-refractivity contribution is -0.674. The lowest BCUT2D eigenvalue weighted by atomic mass is 10.0. The van der Waals surface area contributed by atoms with E-state index in [-0.39, 0.29) is 24.0 Å². The van der Waals surface area contributed by atoms with Crippen molar-refractivity contribution in [3.05, 3.63) is 133 Å². The van der Waals surface area contributed by atoms with Crippen molar-refractivity contribution in [1.82, 2.24) is 0 Å². The minimum atomic E-state index is 0. The minimum absolute atomic E-state index is 0. The second-order valence-corrected chi connectivity index (χ2v) is 9.38. The fourth-order valence-electron chi connectivity index (χ4n) is 5.06. The Labute approximate surface area is 252 Å². The molecule has 6 rings (SSSR count). The number of aryl methyl sites for hydroxylation is 1. The van der Waals surface area contributed by atoms with Crippen LogP contribution in [0.2, 0.25) is 0 Å². The first-order valence-electron chi connectivity index (χ1n) is 13.5. The average Bonchev–Trinajstić information content (AvgIpc) is 3.53. The Balaban J connectivity index is 0.00000323. The maximum absolute atomic E-state index is 6.18. The van der Waals surface area contributed by atoms with Crippen LogP contribution in [0.3, 0.4) is 0 Å². The molecule has 0 aliphatic carbocycles. The van der Waals surface area contributed by atoms with Crippen molar-refractivity contribution in [1.29, 1.82) is 0 Å². The van der Waals surface area contributed by atoms with E-state index in [1.165, 1.54) is 22.3 Å². The molecule has 0 radical (unpaired) electrons. The number of aromatic nitrogens is 1. The van der Waals surface area contributed by atoms with Gasteiger partial charge in [0.2, 0.25) is 11.5 Å². The zero-order chi connectivity index (χ0) is 26.6. The normalized spacial score (nSPS) is 13.8. The van der Waals surface area contributed by atoms with Crippen LogP contribution in [-0.2, 0) is 6.54 Å². The van der Waals surface area contributed by atoms with E-state index in [2.05, 4.69) is 108 Å². The maximum Gasteiger partial charge on any atom is 0.374 e. The maximum atomic E-state index is 6.18. The third kappa shape index (κ3) is 5.47. The van der Waals surface area contributed by atoms with E-state index >= 15 is 0 Å². The smallest absolute Gasteiger partial charge is 0.374 e. The Bertz CT molecular complexity index is 1700. The summed E-state index contributed by atoms with van der Waals surface area (Å²) in [6, 6.07) is 33.6. The first-order chi connectivity index (χ1) is 19.2. The number of fused-ring (bicyclic) bond motifs is 2. The average molecular weight is 639 g/mol. The van der Waals surface area contributed by atoms with Crippen LogP contribution >= 0.6 is 0 Å². The number of benzene rings is 4. The third-order valence-electron chi connectivity index (χ3n) is 7.01. The van der Waals surface area contributed by atoms with Crippen LogP contribution in [0.5, 0.6) is 5.75 Å². The van der Waals surface area contributed by atoms with E-state index in [1.807, 2.05) is 42.5 Å². The highest BCUT2D eigenvalue weighted by Gasteiger charge is 2.25. The standard InChI is InChI=1S/C35H31N2O2.HI/c1-3-36-30-24-28(26-14-8-5-9-15-26)20-22-32(30)38-34(36)18-12-7-13-19-35-37(4-2)31-25-29(21-23-33(31)39-35)27-16-10-6-11-17-27;/h5-25H,3-4H2,1-2H3;1H/q+1;/p-1. The van der Waals surface area contributed by atoms with Crippen LogP contribution in [0, 0.1) is 0 Å². The molecule has 5 aromatic rings. The Morgan fingerprint density at radius 1 is 0.725 bits per heavy atom. The van der Waals surface area contributed by atoms with Gasteiger partial charge in [-0.05, 0) is 60.4 Å². The topological polar surface area (TPSA) is 29.5 Å². The van der Waals surface area contributed by atoms with E-state index in [0.717, 1.165) is 47.4 Å². The predicted octanol–water partition coefficient (Wildman–Crippen LogP) is 5.41. The van der Waals surface area contributed by atoms with Gasteiger partial charge in [0.15, 0.2) is 5.75 Å². The first kappa shape index (κ1) is 27.5. The number of ether oxygens (including phenoxy) is 1. The predicted molar refractivity (Wildman–Crippen MR) is 159 cm³/mol. The molecule has 4 aromatic carbocycles. The quantitative estimate of drug-likeness (QED) is 0.136. The monoisotopic (exact) mass is 638 g/mol. The van der Waals surface area contributed by atoms with Crippen LogP contribution in [0.15, 0.2) is 132 Å². The Morgan fingerprint density at radius 2 is 1.40 bits per heavy atom. The van der Waals surface area contributed by atoms with Gasteiger partial charge in [-0.25, -0.2) is 0 Å². The molecular formula is C35H31IN2O2. The van der Waals surface area contributed by atoms with Crippen molar-refractivity contribution < 1.29 is 37.7 Å². The lowest BCUT2D eigenvalue weighted by Crippen LogP contribution is -3.00. The molecular weight excluding hydrogens is 607 g/mol. The number of halogens is 1. The second-order valence-electron chi connectivity index (χ2n) is 9.38. The molecule has 1 aromatic heterocycles. The number of allylic oxidation sites excluding steroid dienone is 4. The van der Waals surface area contributed by atoms with Crippen LogP contribution in [0.1, 0.15) is 19.7 Å². The summed E-state index contributed by atoms with van der Waals surface area (Å²) in [6.45, 7) is 5.92. The van der Waals surface area contributed by atoms with Crippen molar-refractivity contribution in [3.63, 3.8) is 0 Å². The second kappa shape index (κ2) is 12.4. The Hall–Kier alpha value is -4.10. The summed E-state index contributed by atoms with van der Waals surface area (Å²) in [7, 11) is 0. The van der Waals surface area contributed by atoms with Crippen LogP contribution in [0.25, 0.3) is 39.4 Å². The third-order valence-corrected chi connectivity index (χ3v) is 7.01. The zero-order valence-corrected chi connectivity index (χ0v) is 24.8. The summed E-state index contributed by atoms with van der Waals surface area (Å²) in [4.78, 5) is 2.20. The van der Waals surface area contributed by atoms with Crippen molar-refractivity contribution in [3.8, 4) is 28.0 Å². The molecule has 2 heterocycles. The van der Waals surface area contributed by atoms with Crippen LogP contribution in [0.4, 0.5) is 5.69 Å². The van der Waals surface area contributed by atoms with Gasteiger partial charge in [-0.15, -0.1) is 0 Å². The molecule has 5 heteroatoms. The molecule has 0 N–H and O–H groups in total. The van der Waals surface area contributed by atoms with Gasteiger partial charge in [0, 0.05) is 12.6 Å².